The van der Waals surface area contributed by atoms with Crippen LogP contribution in [-0.2, 0) is 14.3 Å². The van der Waals surface area contributed by atoms with Crippen LogP contribution in [0.15, 0.2) is 83.5 Å². The van der Waals surface area contributed by atoms with Crippen LogP contribution in [0.4, 0.5) is 11.4 Å². The van der Waals surface area contributed by atoms with Gasteiger partial charge in [0, 0.05) is 5.69 Å². The van der Waals surface area contributed by atoms with Crippen LogP contribution in [0.2, 0.25) is 5.02 Å². The Balaban J connectivity index is 1.45. The number of amides is 2. The molecule has 3 aromatic carbocycles. The molecule has 0 bridgehead atoms. The van der Waals surface area contributed by atoms with Gasteiger partial charge in [-0.15, -0.1) is 0 Å². The number of ether oxygens (including phenoxy) is 2. The highest BCUT2D eigenvalue weighted by molar-refractivity contribution is 6.53. The Bertz CT molecular complexity index is 1420. The molecule has 4 rings (SSSR count). The lowest BCUT2D eigenvalue weighted by molar-refractivity contribution is -0.120. The van der Waals surface area contributed by atoms with Gasteiger partial charge in [0.15, 0.2) is 0 Å². The number of nitrogens with zero attached hydrogens (tertiary/aromatic N) is 1. The van der Waals surface area contributed by atoms with E-state index in [9.17, 15) is 19.2 Å². The summed E-state index contributed by atoms with van der Waals surface area (Å²) in [4.78, 5) is 51.1. The van der Waals surface area contributed by atoms with Gasteiger partial charge in [-0.05, 0) is 74.5 Å². The summed E-state index contributed by atoms with van der Waals surface area (Å²) in [6.45, 7) is 3.46. The molecule has 8 nitrogen and oxygen atoms in total. The number of benzene rings is 3. The van der Waals surface area contributed by atoms with E-state index >= 15 is 0 Å². The standard InChI is InChI=1S/C27H20Cl2N2O6/c1-15(2)36-26(34)17-9-13-19(14-10-17)31-24(32)22(29)23(25(31)33)30-18-11-7-16(8-12-18)27(35)37-21-6-4-3-5-20(21)28/h3-15,30H,1-2H3. The van der Waals surface area contributed by atoms with Gasteiger partial charge >= 0.3 is 11.9 Å². The molecule has 0 atom stereocenters. The van der Waals surface area contributed by atoms with Crippen molar-refractivity contribution in [1.82, 2.24) is 0 Å². The summed E-state index contributed by atoms with van der Waals surface area (Å²) in [7, 11) is 0. The zero-order chi connectivity index (χ0) is 26.7. The van der Waals surface area contributed by atoms with Crippen molar-refractivity contribution < 1.29 is 28.7 Å². The number of hydrogen-bond donors (Lipinski definition) is 1. The fourth-order valence-electron chi connectivity index (χ4n) is 3.39. The summed E-state index contributed by atoms with van der Waals surface area (Å²) in [5.41, 5.74) is 1.06. The third-order valence-electron chi connectivity index (χ3n) is 5.16. The molecule has 37 heavy (non-hydrogen) atoms. The fraction of sp³-hybridized carbons (Fsp3) is 0.111. The SMILES string of the molecule is CC(C)OC(=O)c1ccc(N2C(=O)C(Cl)=C(Nc3ccc(C(=O)Oc4ccccc4Cl)cc3)C2=O)cc1. The Hall–Kier alpha value is -4.14. The van der Waals surface area contributed by atoms with Gasteiger partial charge in [-0.3, -0.25) is 9.59 Å². The van der Waals surface area contributed by atoms with Gasteiger partial charge in [-0.1, -0.05) is 35.3 Å². The topological polar surface area (TPSA) is 102 Å². The molecular formula is C27H20Cl2N2O6. The zero-order valence-corrected chi connectivity index (χ0v) is 21.2. The van der Waals surface area contributed by atoms with Crippen LogP contribution in [-0.4, -0.2) is 29.9 Å². The lowest BCUT2D eigenvalue weighted by Crippen LogP contribution is -2.32. The highest BCUT2D eigenvalue weighted by Gasteiger charge is 2.39. The molecule has 0 aromatic heterocycles. The second-order valence-electron chi connectivity index (χ2n) is 8.16. The third-order valence-corrected chi connectivity index (χ3v) is 5.82. The lowest BCUT2D eigenvalue weighted by Gasteiger charge is -2.16. The van der Waals surface area contributed by atoms with Crippen LogP contribution < -0.4 is 15.0 Å². The van der Waals surface area contributed by atoms with Gasteiger partial charge in [0.05, 0.1) is 27.9 Å². The smallest absolute Gasteiger partial charge is 0.343 e. The average Bonchev–Trinajstić information content (AvgIpc) is 3.08. The van der Waals surface area contributed by atoms with Crippen molar-refractivity contribution in [3.8, 4) is 5.75 Å². The second-order valence-corrected chi connectivity index (χ2v) is 8.94. The third kappa shape index (κ3) is 5.66. The second kappa shape index (κ2) is 10.9. The number of rotatable bonds is 7. The van der Waals surface area contributed by atoms with E-state index in [-0.39, 0.29) is 39.4 Å². The van der Waals surface area contributed by atoms with Crippen LogP contribution in [0.1, 0.15) is 34.6 Å². The monoisotopic (exact) mass is 538 g/mol. The Morgan fingerprint density at radius 2 is 1.41 bits per heavy atom. The molecule has 1 heterocycles. The van der Waals surface area contributed by atoms with E-state index in [2.05, 4.69) is 5.32 Å². The molecule has 0 saturated carbocycles. The van der Waals surface area contributed by atoms with Crippen molar-refractivity contribution in [2.75, 3.05) is 10.2 Å². The van der Waals surface area contributed by atoms with Crippen LogP contribution in [0.3, 0.4) is 0 Å². The number of carbonyl (C=O) groups is 4. The summed E-state index contributed by atoms with van der Waals surface area (Å²) in [6.07, 6.45) is -0.285. The first kappa shape index (κ1) is 25.9. The number of carbonyl (C=O) groups excluding carboxylic acids is 4. The molecule has 3 aromatic rings. The molecule has 0 aliphatic carbocycles. The van der Waals surface area contributed by atoms with Crippen molar-refractivity contribution in [3.05, 3.63) is 99.7 Å². The predicted molar refractivity (Wildman–Crippen MR) is 139 cm³/mol. The lowest BCUT2D eigenvalue weighted by atomic mass is 10.2. The highest BCUT2D eigenvalue weighted by atomic mass is 35.5. The highest BCUT2D eigenvalue weighted by Crippen LogP contribution is 2.31. The van der Waals surface area contributed by atoms with E-state index in [1.165, 1.54) is 48.5 Å². The summed E-state index contributed by atoms with van der Waals surface area (Å²) in [5.74, 6) is -2.29. The molecule has 1 N–H and O–H groups in total. The van der Waals surface area contributed by atoms with E-state index in [1.54, 1.807) is 38.1 Å². The maximum atomic E-state index is 13.0. The van der Waals surface area contributed by atoms with Gasteiger partial charge in [-0.2, -0.15) is 0 Å². The van der Waals surface area contributed by atoms with Crippen molar-refractivity contribution in [3.63, 3.8) is 0 Å². The average molecular weight is 539 g/mol. The molecule has 1 aliphatic rings. The summed E-state index contributed by atoms with van der Waals surface area (Å²) in [6, 6.07) is 18.5. The number of hydrogen-bond acceptors (Lipinski definition) is 7. The van der Waals surface area contributed by atoms with E-state index in [0.29, 0.717) is 10.7 Å². The van der Waals surface area contributed by atoms with Gasteiger partial charge in [0.1, 0.15) is 16.5 Å². The van der Waals surface area contributed by atoms with E-state index < -0.39 is 23.8 Å². The van der Waals surface area contributed by atoms with Crippen molar-refractivity contribution in [2.45, 2.75) is 20.0 Å². The number of halogens is 2. The minimum atomic E-state index is -0.716. The Morgan fingerprint density at radius 3 is 2.03 bits per heavy atom. The summed E-state index contributed by atoms with van der Waals surface area (Å²) in [5, 5.41) is 2.84. The zero-order valence-electron chi connectivity index (χ0n) is 19.7. The van der Waals surface area contributed by atoms with Gasteiger partial charge in [0.25, 0.3) is 11.8 Å². The van der Waals surface area contributed by atoms with E-state index in [1.807, 2.05) is 0 Å². The van der Waals surface area contributed by atoms with Crippen molar-refractivity contribution >= 4 is 58.3 Å². The van der Waals surface area contributed by atoms with Crippen LogP contribution >= 0.6 is 23.2 Å². The van der Waals surface area contributed by atoms with Gasteiger partial charge in [0.2, 0.25) is 0 Å². The minimum absolute atomic E-state index is 0.124. The normalized spacial score (nSPS) is 13.3. The molecular weight excluding hydrogens is 519 g/mol. The Kier molecular flexibility index (Phi) is 7.61. The van der Waals surface area contributed by atoms with E-state index in [0.717, 1.165) is 4.90 Å². The van der Waals surface area contributed by atoms with Gasteiger partial charge in [-0.25, -0.2) is 14.5 Å². The number of anilines is 2. The molecule has 0 fully saturated rings. The molecule has 0 spiro atoms. The number of imide groups is 1. The molecule has 1 aliphatic heterocycles. The minimum Gasteiger partial charge on any atom is -0.459 e. The van der Waals surface area contributed by atoms with Crippen LogP contribution in [0, 0.1) is 0 Å². The first-order valence-corrected chi connectivity index (χ1v) is 11.8. The quantitative estimate of drug-likeness (QED) is 0.238. The van der Waals surface area contributed by atoms with Gasteiger partial charge < -0.3 is 14.8 Å². The predicted octanol–water partition coefficient (Wildman–Crippen LogP) is 5.56. The first-order chi connectivity index (χ1) is 17.7. The maximum absolute atomic E-state index is 13.0. The number of esters is 2. The van der Waals surface area contributed by atoms with Crippen molar-refractivity contribution in [1.29, 1.82) is 0 Å². The number of nitrogens with one attached hydrogen (secondary N) is 1. The fourth-order valence-corrected chi connectivity index (χ4v) is 3.78. The molecule has 188 valence electrons. The molecule has 0 unspecified atom stereocenters. The van der Waals surface area contributed by atoms with E-state index in [4.69, 9.17) is 32.7 Å². The number of para-hydroxylation sites is 1. The largest absolute Gasteiger partial charge is 0.459 e. The summed E-state index contributed by atoms with van der Waals surface area (Å²) < 4.78 is 10.4. The molecule has 2 amide bonds. The first-order valence-electron chi connectivity index (χ1n) is 11.1. The van der Waals surface area contributed by atoms with Crippen LogP contribution in [0.25, 0.3) is 0 Å². The van der Waals surface area contributed by atoms with Crippen molar-refractivity contribution in [2.24, 2.45) is 0 Å². The molecule has 10 heteroatoms. The Labute approximate surface area is 222 Å². The van der Waals surface area contributed by atoms with Crippen LogP contribution in [0.5, 0.6) is 5.75 Å². The Morgan fingerprint density at radius 1 is 0.811 bits per heavy atom. The molecule has 0 saturated heterocycles. The summed E-state index contributed by atoms with van der Waals surface area (Å²) >= 11 is 12.2. The maximum Gasteiger partial charge on any atom is 0.343 e. The molecule has 0 radical (unpaired) electrons.